The first kappa shape index (κ1) is 21.6. The van der Waals surface area contributed by atoms with Gasteiger partial charge in [0, 0.05) is 31.7 Å². The van der Waals surface area contributed by atoms with Crippen LogP contribution in [0.25, 0.3) is 0 Å². The summed E-state index contributed by atoms with van der Waals surface area (Å²) in [6, 6.07) is 7.74. The van der Waals surface area contributed by atoms with Crippen molar-refractivity contribution in [3.8, 4) is 23.1 Å². The molecular formula is C24H29N3O6. The van der Waals surface area contributed by atoms with Gasteiger partial charge in [0.1, 0.15) is 24.2 Å². The van der Waals surface area contributed by atoms with E-state index in [4.69, 9.17) is 23.7 Å². The number of amides is 1. The van der Waals surface area contributed by atoms with Crippen LogP contribution in [0.3, 0.4) is 0 Å². The van der Waals surface area contributed by atoms with Gasteiger partial charge in [0.05, 0.1) is 57.4 Å². The number of fused-ring (bicyclic) bond motifs is 1. The molecule has 4 heterocycles. The highest BCUT2D eigenvalue weighted by atomic mass is 16.5. The summed E-state index contributed by atoms with van der Waals surface area (Å²) in [6.07, 6.45) is 3.36. The molecule has 1 aromatic heterocycles. The van der Waals surface area contributed by atoms with Gasteiger partial charge >= 0.3 is 0 Å². The highest BCUT2D eigenvalue weighted by Crippen LogP contribution is 2.41. The van der Waals surface area contributed by atoms with Crippen LogP contribution in [0.4, 0.5) is 11.4 Å². The summed E-state index contributed by atoms with van der Waals surface area (Å²) in [5.74, 6) is 2.72. The molecule has 5 rings (SSSR count). The number of carbonyl (C=O) groups is 1. The van der Waals surface area contributed by atoms with Crippen molar-refractivity contribution in [3.05, 3.63) is 30.5 Å². The van der Waals surface area contributed by atoms with E-state index in [0.29, 0.717) is 44.5 Å². The largest absolute Gasteiger partial charge is 0.491 e. The van der Waals surface area contributed by atoms with E-state index in [1.165, 1.54) is 0 Å². The van der Waals surface area contributed by atoms with Crippen molar-refractivity contribution in [1.82, 2.24) is 9.88 Å². The van der Waals surface area contributed by atoms with Gasteiger partial charge in [-0.15, -0.1) is 0 Å². The minimum atomic E-state index is -0.0324. The predicted molar refractivity (Wildman–Crippen MR) is 121 cm³/mol. The van der Waals surface area contributed by atoms with Crippen LogP contribution in [-0.4, -0.2) is 75.6 Å². The van der Waals surface area contributed by atoms with Crippen LogP contribution in [0.15, 0.2) is 30.5 Å². The Labute approximate surface area is 193 Å². The van der Waals surface area contributed by atoms with Crippen LogP contribution in [0.2, 0.25) is 0 Å². The molecule has 0 aliphatic carbocycles. The van der Waals surface area contributed by atoms with Gasteiger partial charge in [-0.25, -0.2) is 4.98 Å². The summed E-state index contributed by atoms with van der Waals surface area (Å²) in [7, 11) is 3.16. The lowest BCUT2D eigenvalue weighted by molar-refractivity contribution is -0.134. The lowest BCUT2D eigenvalue weighted by Gasteiger charge is -2.31. The van der Waals surface area contributed by atoms with Crippen molar-refractivity contribution in [2.24, 2.45) is 5.92 Å². The third-order valence-corrected chi connectivity index (χ3v) is 6.36. The Hall–Kier alpha value is -3.20. The summed E-state index contributed by atoms with van der Waals surface area (Å²) in [5.41, 5.74) is 1.78. The average Bonchev–Trinajstić information content (AvgIpc) is 3.55. The van der Waals surface area contributed by atoms with Crippen molar-refractivity contribution in [3.63, 3.8) is 0 Å². The monoisotopic (exact) mass is 455 g/mol. The Morgan fingerprint density at radius 1 is 1.12 bits per heavy atom. The van der Waals surface area contributed by atoms with Crippen LogP contribution < -0.4 is 23.8 Å². The van der Waals surface area contributed by atoms with E-state index >= 15 is 0 Å². The third kappa shape index (κ3) is 4.37. The van der Waals surface area contributed by atoms with Crippen molar-refractivity contribution in [1.29, 1.82) is 0 Å². The number of carbonyl (C=O) groups excluding carboxylic acids is 1. The minimum Gasteiger partial charge on any atom is -0.491 e. The Morgan fingerprint density at radius 3 is 2.82 bits per heavy atom. The first-order valence-corrected chi connectivity index (χ1v) is 11.3. The fourth-order valence-electron chi connectivity index (χ4n) is 4.61. The number of benzene rings is 1. The summed E-state index contributed by atoms with van der Waals surface area (Å²) in [5, 5.41) is 0. The highest BCUT2D eigenvalue weighted by Gasteiger charge is 2.34. The molecule has 0 radical (unpaired) electrons. The topological polar surface area (TPSA) is 82.6 Å². The van der Waals surface area contributed by atoms with Crippen molar-refractivity contribution >= 4 is 17.3 Å². The maximum Gasteiger partial charge on any atom is 0.256 e. The number of nitrogens with zero attached hydrogens (tertiary/aromatic N) is 3. The van der Waals surface area contributed by atoms with Gasteiger partial charge in [0.15, 0.2) is 5.75 Å². The second kappa shape index (κ2) is 9.35. The first-order valence-electron chi connectivity index (χ1n) is 11.3. The molecule has 2 aromatic rings. The predicted octanol–water partition coefficient (Wildman–Crippen LogP) is 2.65. The molecule has 0 saturated carbocycles. The van der Waals surface area contributed by atoms with Crippen molar-refractivity contribution in [2.45, 2.75) is 18.9 Å². The summed E-state index contributed by atoms with van der Waals surface area (Å²) >= 11 is 0. The first-order chi connectivity index (χ1) is 16.2. The van der Waals surface area contributed by atoms with Crippen LogP contribution in [0.5, 0.6) is 23.1 Å². The molecule has 2 fully saturated rings. The number of aromatic nitrogens is 1. The van der Waals surface area contributed by atoms with Gasteiger partial charge in [0.2, 0.25) is 5.91 Å². The SMILES string of the molecule is COc1cc(N2CCOc3ccc(OC4CCN(C(=O)C5CCOC5)C4)cc32)cnc1OC. The zero-order valence-corrected chi connectivity index (χ0v) is 19.0. The number of methoxy groups -OCH3 is 2. The Bertz CT molecular complexity index is 1010. The lowest BCUT2D eigenvalue weighted by atomic mass is 10.1. The van der Waals surface area contributed by atoms with Crippen LogP contribution in [-0.2, 0) is 9.53 Å². The maximum atomic E-state index is 12.7. The standard InChI is InChI=1S/C24H29N3O6/c1-29-22-11-17(13-25-23(22)30-2)27-8-10-32-21-4-3-18(12-20(21)27)33-19-5-7-26(14-19)24(28)16-6-9-31-15-16/h3-4,11-13,16,19H,5-10,14-15H2,1-2H3. The summed E-state index contributed by atoms with van der Waals surface area (Å²) < 4.78 is 28.2. The third-order valence-electron chi connectivity index (χ3n) is 6.36. The average molecular weight is 456 g/mol. The van der Waals surface area contributed by atoms with E-state index in [2.05, 4.69) is 9.88 Å². The molecule has 3 aliphatic rings. The molecule has 9 heteroatoms. The van der Waals surface area contributed by atoms with E-state index in [0.717, 1.165) is 42.3 Å². The van der Waals surface area contributed by atoms with Crippen LogP contribution in [0.1, 0.15) is 12.8 Å². The molecule has 0 spiro atoms. The number of hydrogen-bond acceptors (Lipinski definition) is 8. The second-order valence-corrected chi connectivity index (χ2v) is 8.41. The molecule has 0 bridgehead atoms. The highest BCUT2D eigenvalue weighted by molar-refractivity contribution is 5.79. The van der Waals surface area contributed by atoms with Gasteiger partial charge in [-0.2, -0.15) is 0 Å². The molecule has 33 heavy (non-hydrogen) atoms. The molecule has 1 amide bonds. The molecule has 2 saturated heterocycles. The quantitative estimate of drug-likeness (QED) is 0.658. The fourth-order valence-corrected chi connectivity index (χ4v) is 4.61. The van der Waals surface area contributed by atoms with Gasteiger partial charge < -0.3 is 33.5 Å². The summed E-state index contributed by atoms with van der Waals surface area (Å²) in [4.78, 5) is 21.1. The number of likely N-dealkylation sites (tertiary alicyclic amines) is 1. The Kier molecular flexibility index (Phi) is 6.13. The van der Waals surface area contributed by atoms with Crippen molar-refractivity contribution in [2.75, 3.05) is 58.6 Å². The summed E-state index contributed by atoms with van der Waals surface area (Å²) in [6.45, 7) is 3.76. The zero-order valence-electron chi connectivity index (χ0n) is 19.0. The second-order valence-electron chi connectivity index (χ2n) is 8.41. The Balaban J connectivity index is 1.31. The van der Waals surface area contributed by atoms with E-state index in [-0.39, 0.29) is 17.9 Å². The molecule has 0 N–H and O–H groups in total. The molecule has 1 aromatic carbocycles. The molecule has 3 aliphatic heterocycles. The van der Waals surface area contributed by atoms with Gasteiger partial charge in [-0.05, 0) is 18.6 Å². The molecular weight excluding hydrogens is 426 g/mol. The molecule has 2 unspecified atom stereocenters. The van der Waals surface area contributed by atoms with Crippen molar-refractivity contribution < 1.29 is 28.5 Å². The number of rotatable bonds is 6. The van der Waals surface area contributed by atoms with Crippen LogP contribution >= 0.6 is 0 Å². The lowest BCUT2D eigenvalue weighted by Crippen LogP contribution is -2.36. The van der Waals surface area contributed by atoms with E-state index in [1.807, 2.05) is 29.2 Å². The van der Waals surface area contributed by atoms with E-state index in [9.17, 15) is 4.79 Å². The van der Waals surface area contributed by atoms with E-state index in [1.54, 1.807) is 20.4 Å². The normalized spacial score (nSPS) is 22.0. The number of hydrogen-bond donors (Lipinski definition) is 0. The fraction of sp³-hybridized carbons (Fsp3) is 0.500. The zero-order chi connectivity index (χ0) is 22.8. The number of ether oxygens (including phenoxy) is 5. The molecule has 9 nitrogen and oxygen atoms in total. The van der Waals surface area contributed by atoms with E-state index < -0.39 is 0 Å². The van der Waals surface area contributed by atoms with Crippen LogP contribution in [0, 0.1) is 5.92 Å². The number of anilines is 2. The smallest absolute Gasteiger partial charge is 0.256 e. The van der Waals surface area contributed by atoms with Gasteiger partial charge in [-0.1, -0.05) is 0 Å². The minimum absolute atomic E-state index is 0.00620. The molecule has 2 atom stereocenters. The van der Waals surface area contributed by atoms with Gasteiger partial charge in [-0.3, -0.25) is 4.79 Å². The molecule has 176 valence electrons. The number of pyridine rings is 1. The van der Waals surface area contributed by atoms with Gasteiger partial charge in [0.25, 0.3) is 5.88 Å². The maximum absolute atomic E-state index is 12.7. The Morgan fingerprint density at radius 2 is 2.03 bits per heavy atom.